The molecule has 0 bridgehead atoms. The Morgan fingerprint density at radius 3 is 2.54 bits per heavy atom. The van der Waals surface area contributed by atoms with Crippen molar-refractivity contribution in [3.63, 3.8) is 0 Å². The highest BCUT2D eigenvalue weighted by Gasteiger charge is 2.45. The van der Waals surface area contributed by atoms with Gasteiger partial charge in [-0.3, -0.25) is 14.4 Å². The summed E-state index contributed by atoms with van der Waals surface area (Å²) in [7, 11) is 0. The second-order valence-electron chi connectivity index (χ2n) is 13.5. The number of piperidine rings is 1. The number of benzene rings is 3. The molecular weight excluding hydrogens is 659 g/mol. The quantitative estimate of drug-likeness (QED) is 0.146. The molecule has 3 heterocycles. The molecule has 0 saturated carbocycles. The van der Waals surface area contributed by atoms with Crippen LogP contribution in [0.15, 0.2) is 67.0 Å². The third-order valence-electron chi connectivity index (χ3n) is 9.61. The molecule has 260 valence electrons. The van der Waals surface area contributed by atoms with E-state index in [1.54, 1.807) is 35.2 Å². The van der Waals surface area contributed by atoms with Crippen molar-refractivity contribution < 1.29 is 23.5 Å². The number of ketones is 2. The van der Waals surface area contributed by atoms with E-state index in [1.807, 2.05) is 32.0 Å². The van der Waals surface area contributed by atoms with Gasteiger partial charge in [-0.05, 0) is 111 Å². The lowest BCUT2D eigenvalue weighted by Crippen LogP contribution is -2.55. The maximum Gasteiger partial charge on any atom is 0.247 e. The number of tetrazole rings is 1. The summed E-state index contributed by atoms with van der Waals surface area (Å²) in [5.41, 5.74) is 2.32. The molecule has 0 radical (unpaired) electrons. The Balaban J connectivity index is 1.35. The molecule has 1 amide bonds. The standard InChI is InChI=1S/C38H40ClFN6O4/c1-24(47)27-9-7-26(8-10-27)21-33(48)37-28-5-4-6-34(50-20-17-25-15-18-41-19-16-25)30(28)22-38(2,3)46(37)35(49)14-11-29-32(45-23-42-43-44-45)13-12-31(39)36(29)40/h4-14,23,25,37,41H,15-22H2,1-3H3/b14-11+. The molecule has 0 aliphatic carbocycles. The van der Waals surface area contributed by atoms with Crippen LogP contribution in [0, 0.1) is 11.7 Å². The number of amides is 1. The van der Waals surface area contributed by atoms with E-state index >= 15 is 4.39 Å². The normalized spacial score (nSPS) is 17.5. The first-order valence-electron chi connectivity index (χ1n) is 16.8. The summed E-state index contributed by atoms with van der Waals surface area (Å²) in [6, 6.07) is 14.6. The van der Waals surface area contributed by atoms with Gasteiger partial charge in [0.25, 0.3) is 0 Å². The van der Waals surface area contributed by atoms with Gasteiger partial charge in [0.05, 0.1) is 17.3 Å². The van der Waals surface area contributed by atoms with Crippen LogP contribution in [0.2, 0.25) is 5.02 Å². The number of aromatic nitrogens is 4. The Hall–Kier alpha value is -4.74. The number of halogens is 2. The Labute approximate surface area is 295 Å². The summed E-state index contributed by atoms with van der Waals surface area (Å²) < 4.78 is 23.1. The number of rotatable bonds is 11. The molecule has 1 fully saturated rings. The fraction of sp³-hybridized carbons (Fsp3) is 0.368. The number of fused-ring (bicyclic) bond motifs is 1. The highest BCUT2D eigenvalue weighted by Crippen LogP contribution is 2.44. The number of hydrogen-bond donors (Lipinski definition) is 1. The average Bonchev–Trinajstić information content (AvgIpc) is 3.64. The molecule has 3 aromatic carbocycles. The first-order valence-corrected chi connectivity index (χ1v) is 17.2. The van der Waals surface area contributed by atoms with Crippen molar-refractivity contribution in [3.05, 3.63) is 106 Å². The Bertz CT molecular complexity index is 1900. The predicted octanol–water partition coefficient (Wildman–Crippen LogP) is 6.16. The van der Waals surface area contributed by atoms with Gasteiger partial charge >= 0.3 is 0 Å². The van der Waals surface area contributed by atoms with E-state index in [0.717, 1.165) is 37.9 Å². The van der Waals surface area contributed by atoms with Gasteiger partial charge in [-0.25, -0.2) is 4.39 Å². The van der Waals surface area contributed by atoms with Gasteiger partial charge < -0.3 is 15.0 Å². The van der Waals surface area contributed by atoms with E-state index in [1.165, 1.54) is 36.2 Å². The van der Waals surface area contributed by atoms with Gasteiger partial charge in [-0.15, -0.1) is 5.10 Å². The maximum atomic E-state index is 15.4. The van der Waals surface area contributed by atoms with Crippen molar-refractivity contribution in [2.75, 3.05) is 19.7 Å². The van der Waals surface area contributed by atoms with E-state index in [2.05, 4.69) is 20.8 Å². The van der Waals surface area contributed by atoms with E-state index in [0.29, 0.717) is 41.4 Å². The monoisotopic (exact) mass is 698 g/mol. The van der Waals surface area contributed by atoms with E-state index in [4.69, 9.17) is 16.3 Å². The molecule has 1 saturated heterocycles. The number of nitrogens with zero attached hydrogens (tertiary/aromatic N) is 5. The molecule has 1 aromatic heterocycles. The van der Waals surface area contributed by atoms with E-state index in [-0.39, 0.29) is 34.3 Å². The van der Waals surface area contributed by atoms with Crippen LogP contribution in [0.5, 0.6) is 5.75 Å². The fourth-order valence-corrected chi connectivity index (χ4v) is 7.16. The first-order chi connectivity index (χ1) is 24.0. The molecule has 0 spiro atoms. The van der Waals surface area contributed by atoms with Crippen LogP contribution in [0.3, 0.4) is 0 Å². The van der Waals surface area contributed by atoms with Gasteiger partial charge in [0.15, 0.2) is 17.4 Å². The lowest BCUT2D eigenvalue weighted by molar-refractivity contribution is -0.143. The van der Waals surface area contributed by atoms with Crippen LogP contribution < -0.4 is 10.1 Å². The Morgan fingerprint density at radius 2 is 1.84 bits per heavy atom. The van der Waals surface area contributed by atoms with Crippen molar-refractivity contribution in [1.82, 2.24) is 30.4 Å². The third-order valence-corrected chi connectivity index (χ3v) is 9.90. The molecule has 1 unspecified atom stereocenters. The van der Waals surface area contributed by atoms with Gasteiger partial charge in [-0.2, -0.15) is 4.68 Å². The van der Waals surface area contributed by atoms with Crippen LogP contribution >= 0.6 is 11.6 Å². The highest BCUT2D eigenvalue weighted by molar-refractivity contribution is 6.31. The second kappa shape index (κ2) is 15.0. The second-order valence-corrected chi connectivity index (χ2v) is 13.9. The maximum absolute atomic E-state index is 15.4. The number of carbonyl (C=O) groups excluding carboxylic acids is 3. The van der Waals surface area contributed by atoms with E-state index in [9.17, 15) is 14.4 Å². The Kier molecular flexibility index (Phi) is 10.5. The molecule has 2 aliphatic heterocycles. The van der Waals surface area contributed by atoms with Crippen LogP contribution in [-0.2, 0) is 22.4 Å². The van der Waals surface area contributed by atoms with Crippen LogP contribution in [0.25, 0.3) is 11.8 Å². The molecule has 1 N–H and O–H groups in total. The summed E-state index contributed by atoms with van der Waals surface area (Å²) in [6.07, 6.45) is 7.56. The van der Waals surface area contributed by atoms with Gasteiger partial charge in [0.2, 0.25) is 5.91 Å². The van der Waals surface area contributed by atoms with Crippen molar-refractivity contribution in [3.8, 4) is 11.4 Å². The SMILES string of the molecule is CC(=O)c1ccc(CC(=O)C2c3cccc(OCCC4CCNCC4)c3CC(C)(C)N2C(=O)/C=C/c2c(-n3cnnn3)ccc(Cl)c2F)cc1. The number of Topliss-reactive ketones (excluding diaryl/α,β-unsaturated/α-hetero) is 2. The van der Waals surface area contributed by atoms with E-state index < -0.39 is 23.3 Å². The van der Waals surface area contributed by atoms with Crippen LogP contribution in [-0.4, -0.2) is 67.8 Å². The zero-order valence-corrected chi connectivity index (χ0v) is 29.1. The topological polar surface area (TPSA) is 119 Å². The summed E-state index contributed by atoms with van der Waals surface area (Å²) in [6.45, 7) is 7.92. The molecule has 4 aromatic rings. The summed E-state index contributed by atoms with van der Waals surface area (Å²) in [4.78, 5) is 42.2. The molecule has 50 heavy (non-hydrogen) atoms. The van der Waals surface area contributed by atoms with Gasteiger partial charge in [-0.1, -0.05) is 48.0 Å². The lowest BCUT2D eigenvalue weighted by atomic mass is 9.78. The molecular formula is C38H40ClFN6O4. The van der Waals surface area contributed by atoms with Crippen molar-refractivity contribution in [2.45, 2.75) is 64.5 Å². The molecule has 6 rings (SSSR count). The van der Waals surface area contributed by atoms with Crippen molar-refractivity contribution >= 4 is 35.2 Å². The molecule has 10 nitrogen and oxygen atoms in total. The highest BCUT2D eigenvalue weighted by atomic mass is 35.5. The molecule has 1 atom stereocenters. The van der Waals surface area contributed by atoms with Gasteiger partial charge in [0, 0.05) is 34.7 Å². The smallest absolute Gasteiger partial charge is 0.247 e. The zero-order chi connectivity index (χ0) is 35.4. The Morgan fingerprint density at radius 1 is 1.08 bits per heavy atom. The summed E-state index contributed by atoms with van der Waals surface area (Å²) >= 11 is 6.13. The largest absolute Gasteiger partial charge is 0.493 e. The summed E-state index contributed by atoms with van der Waals surface area (Å²) in [5.74, 6) is -0.178. The third kappa shape index (κ3) is 7.53. The predicted molar refractivity (Wildman–Crippen MR) is 188 cm³/mol. The minimum atomic E-state index is -0.963. The number of hydrogen-bond acceptors (Lipinski definition) is 8. The number of ether oxygens (including phenoxy) is 1. The minimum absolute atomic E-state index is 0.0197. The van der Waals surface area contributed by atoms with Gasteiger partial charge in [0.1, 0.15) is 18.1 Å². The lowest BCUT2D eigenvalue weighted by Gasteiger charge is -2.48. The molecule has 2 aliphatic rings. The van der Waals surface area contributed by atoms with Crippen LogP contribution in [0.4, 0.5) is 4.39 Å². The summed E-state index contributed by atoms with van der Waals surface area (Å²) in [5, 5.41) is 14.4. The number of nitrogens with one attached hydrogen (secondary N) is 1. The minimum Gasteiger partial charge on any atom is -0.493 e. The first kappa shape index (κ1) is 35.1. The fourth-order valence-electron chi connectivity index (χ4n) is 6.99. The van der Waals surface area contributed by atoms with Crippen molar-refractivity contribution in [1.29, 1.82) is 0 Å². The average molecular weight is 699 g/mol. The number of carbonyl (C=O) groups is 3. The molecule has 12 heteroatoms. The van der Waals surface area contributed by atoms with Crippen LogP contribution in [0.1, 0.15) is 78.7 Å². The van der Waals surface area contributed by atoms with Crippen molar-refractivity contribution in [2.24, 2.45) is 5.92 Å². The zero-order valence-electron chi connectivity index (χ0n) is 28.4.